The smallest absolute Gasteiger partial charge is 0.00923 e. The van der Waals surface area contributed by atoms with E-state index in [4.69, 9.17) is 0 Å². The highest BCUT2D eigenvalue weighted by Crippen LogP contribution is 2.34. The summed E-state index contributed by atoms with van der Waals surface area (Å²) in [5, 5.41) is 3.50. The normalized spacial score (nSPS) is 33.4. The van der Waals surface area contributed by atoms with Gasteiger partial charge < -0.3 is 5.32 Å². The summed E-state index contributed by atoms with van der Waals surface area (Å²) < 4.78 is 0. The third kappa shape index (κ3) is 3.21. The molecule has 2 unspecified atom stereocenters. The van der Waals surface area contributed by atoms with Gasteiger partial charge in [0.05, 0.1) is 0 Å². The Labute approximate surface area is 95.0 Å². The summed E-state index contributed by atoms with van der Waals surface area (Å²) in [6.45, 7) is 0. The largest absolute Gasteiger partial charge is 0.317 e. The van der Waals surface area contributed by atoms with Crippen LogP contribution < -0.4 is 5.32 Å². The van der Waals surface area contributed by atoms with Crippen molar-refractivity contribution in [2.24, 2.45) is 11.8 Å². The summed E-state index contributed by atoms with van der Waals surface area (Å²) >= 11 is 0. The van der Waals surface area contributed by atoms with Crippen molar-refractivity contribution in [2.45, 2.75) is 70.3 Å². The molecular weight excluding hydrogens is 182 g/mol. The van der Waals surface area contributed by atoms with Crippen LogP contribution in [0.5, 0.6) is 0 Å². The fraction of sp³-hybridized carbons (Fsp3) is 1.00. The average Bonchev–Trinajstić information content (AvgIpc) is 2.75. The van der Waals surface area contributed by atoms with E-state index >= 15 is 0 Å². The molecule has 0 spiro atoms. The molecule has 0 aromatic carbocycles. The molecule has 2 fully saturated rings. The van der Waals surface area contributed by atoms with Crippen LogP contribution in [-0.2, 0) is 0 Å². The fourth-order valence-corrected chi connectivity index (χ4v) is 3.69. The van der Waals surface area contributed by atoms with E-state index < -0.39 is 0 Å². The lowest BCUT2D eigenvalue weighted by Crippen LogP contribution is -2.29. The molecule has 0 radical (unpaired) electrons. The Hall–Kier alpha value is -0.0400. The molecule has 1 N–H and O–H groups in total. The van der Waals surface area contributed by atoms with Crippen molar-refractivity contribution in [1.29, 1.82) is 0 Å². The van der Waals surface area contributed by atoms with Gasteiger partial charge >= 0.3 is 0 Å². The van der Waals surface area contributed by atoms with Crippen molar-refractivity contribution in [3.8, 4) is 0 Å². The Bertz CT molecular complexity index is 172. The summed E-state index contributed by atoms with van der Waals surface area (Å²) in [5.41, 5.74) is 0. The van der Waals surface area contributed by atoms with Gasteiger partial charge in [0.1, 0.15) is 0 Å². The molecule has 2 saturated carbocycles. The van der Waals surface area contributed by atoms with Gasteiger partial charge in [-0.15, -0.1) is 0 Å². The van der Waals surface area contributed by atoms with Crippen molar-refractivity contribution >= 4 is 0 Å². The van der Waals surface area contributed by atoms with Crippen LogP contribution in [0.1, 0.15) is 64.2 Å². The quantitative estimate of drug-likeness (QED) is 0.744. The highest BCUT2D eigenvalue weighted by atomic mass is 14.9. The van der Waals surface area contributed by atoms with E-state index in [-0.39, 0.29) is 0 Å². The predicted molar refractivity (Wildman–Crippen MR) is 66.0 cm³/mol. The molecule has 1 heteroatoms. The van der Waals surface area contributed by atoms with Gasteiger partial charge in [0.25, 0.3) is 0 Å². The van der Waals surface area contributed by atoms with Gasteiger partial charge in [-0.3, -0.25) is 0 Å². The van der Waals surface area contributed by atoms with Crippen molar-refractivity contribution < 1.29 is 0 Å². The zero-order valence-electron chi connectivity index (χ0n) is 10.3. The Morgan fingerprint density at radius 3 is 2.40 bits per heavy atom. The van der Waals surface area contributed by atoms with Gasteiger partial charge in [0.15, 0.2) is 0 Å². The third-order valence-electron chi connectivity index (χ3n) is 4.70. The first-order valence-corrected chi connectivity index (χ1v) is 7.07. The second-order valence-corrected chi connectivity index (χ2v) is 5.67. The van der Waals surface area contributed by atoms with E-state index in [1.165, 1.54) is 64.2 Å². The molecule has 2 aliphatic carbocycles. The summed E-state index contributed by atoms with van der Waals surface area (Å²) in [7, 11) is 2.14. The van der Waals surface area contributed by atoms with Crippen LogP contribution in [0.2, 0.25) is 0 Å². The summed E-state index contributed by atoms with van der Waals surface area (Å²) in [5.74, 6) is 2.08. The lowest BCUT2D eigenvalue weighted by molar-refractivity contribution is 0.293. The monoisotopic (exact) mass is 209 g/mol. The number of nitrogens with one attached hydrogen (secondary N) is 1. The molecule has 88 valence electrons. The van der Waals surface area contributed by atoms with E-state index in [0.29, 0.717) is 0 Å². The summed E-state index contributed by atoms with van der Waals surface area (Å²) in [6, 6.07) is 0.841. The van der Waals surface area contributed by atoms with E-state index in [9.17, 15) is 0 Å². The Morgan fingerprint density at radius 2 is 1.67 bits per heavy atom. The maximum Gasteiger partial charge on any atom is 0.00923 e. The molecule has 15 heavy (non-hydrogen) atoms. The average molecular weight is 209 g/mol. The summed E-state index contributed by atoms with van der Waals surface area (Å²) in [6.07, 6.45) is 14.9. The number of rotatable bonds is 4. The van der Waals surface area contributed by atoms with Crippen LogP contribution in [0.25, 0.3) is 0 Å². The van der Waals surface area contributed by atoms with Crippen LogP contribution in [0.3, 0.4) is 0 Å². The van der Waals surface area contributed by atoms with Crippen molar-refractivity contribution in [2.75, 3.05) is 7.05 Å². The minimum atomic E-state index is 0.841. The van der Waals surface area contributed by atoms with Crippen LogP contribution in [0.4, 0.5) is 0 Å². The first-order chi connectivity index (χ1) is 7.40. The second kappa shape index (κ2) is 5.89. The highest BCUT2D eigenvalue weighted by molar-refractivity contribution is 4.82. The van der Waals surface area contributed by atoms with Gasteiger partial charge in [-0.05, 0) is 38.1 Å². The fourth-order valence-electron chi connectivity index (χ4n) is 3.69. The Morgan fingerprint density at radius 1 is 0.867 bits per heavy atom. The Kier molecular flexibility index (Phi) is 4.49. The SMILES string of the molecule is CNC1CCCC1CCC1CCCCC1. The zero-order chi connectivity index (χ0) is 10.5. The van der Waals surface area contributed by atoms with Gasteiger partial charge in [-0.25, -0.2) is 0 Å². The maximum atomic E-state index is 3.50. The molecular formula is C14H27N. The van der Waals surface area contributed by atoms with Crippen LogP contribution >= 0.6 is 0 Å². The molecule has 2 rings (SSSR count). The third-order valence-corrected chi connectivity index (χ3v) is 4.70. The topological polar surface area (TPSA) is 12.0 Å². The zero-order valence-corrected chi connectivity index (χ0v) is 10.3. The molecule has 0 aromatic rings. The van der Waals surface area contributed by atoms with Crippen molar-refractivity contribution in [1.82, 2.24) is 5.32 Å². The second-order valence-electron chi connectivity index (χ2n) is 5.67. The molecule has 2 atom stereocenters. The van der Waals surface area contributed by atoms with Crippen LogP contribution in [0.15, 0.2) is 0 Å². The van der Waals surface area contributed by atoms with Gasteiger partial charge in [0.2, 0.25) is 0 Å². The van der Waals surface area contributed by atoms with E-state index in [0.717, 1.165) is 17.9 Å². The molecule has 0 aromatic heterocycles. The molecule has 0 aliphatic heterocycles. The van der Waals surface area contributed by atoms with Gasteiger partial charge in [-0.1, -0.05) is 44.9 Å². The first kappa shape index (κ1) is 11.4. The maximum absolute atomic E-state index is 3.50. The lowest BCUT2D eigenvalue weighted by atomic mass is 9.83. The minimum absolute atomic E-state index is 0.841. The van der Waals surface area contributed by atoms with Gasteiger partial charge in [0, 0.05) is 6.04 Å². The minimum Gasteiger partial charge on any atom is -0.317 e. The molecule has 0 saturated heterocycles. The van der Waals surface area contributed by atoms with Crippen molar-refractivity contribution in [3.05, 3.63) is 0 Å². The van der Waals surface area contributed by atoms with Crippen LogP contribution in [0, 0.1) is 11.8 Å². The lowest BCUT2D eigenvalue weighted by Gasteiger charge is -2.25. The van der Waals surface area contributed by atoms with Gasteiger partial charge in [-0.2, -0.15) is 0 Å². The van der Waals surface area contributed by atoms with Crippen molar-refractivity contribution in [3.63, 3.8) is 0 Å². The standard InChI is InChI=1S/C14H27N/c1-15-14-9-5-8-13(14)11-10-12-6-3-2-4-7-12/h12-15H,2-11H2,1H3. The first-order valence-electron chi connectivity index (χ1n) is 7.07. The predicted octanol–water partition coefficient (Wildman–Crippen LogP) is 3.74. The molecule has 1 nitrogen and oxygen atoms in total. The van der Waals surface area contributed by atoms with E-state index in [1.54, 1.807) is 0 Å². The molecule has 2 aliphatic rings. The number of hydrogen-bond acceptors (Lipinski definition) is 1. The molecule has 0 bridgehead atoms. The van der Waals surface area contributed by atoms with Crippen LogP contribution in [-0.4, -0.2) is 13.1 Å². The van der Waals surface area contributed by atoms with E-state index in [1.807, 2.05) is 0 Å². The summed E-state index contributed by atoms with van der Waals surface area (Å²) in [4.78, 5) is 0. The molecule has 0 amide bonds. The number of hydrogen-bond donors (Lipinski definition) is 1. The molecule has 0 heterocycles. The Balaban J connectivity index is 1.67. The van der Waals surface area contributed by atoms with E-state index in [2.05, 4.69) is 12.4 Å². The highest BCUT2D eigenvalue weighted by Gasteiger charge is 2.26.